The molecule has 4 saturated heterocycles. The normalized spacial score (nSPS) is 38.6. The van der Waals surface area contributed by atoms with Crippen molar-refractivity contribution in [2.45, 2.75) is 25.0 Å². The van der Waals surface area contributed by atoms with Crippen molar-refractivity contribution in [1.82, 2.24) is 15.1 Å². The van der Waals surface area contributed by atoms with Crippen molar-refractivity contribution in [3.05, 3.63) is 0 Å². The molecule has 2 bridgehead atoms. The first kappa shape index (κ1) is 13.1. The second-order valence-corrected chi connectivity index (χ2v) is 5.73. The maximum atomic E-state index is 5.92. The predicted octanol–water partition coefficient (Wildman–Crippen LogP) is -0.930. The zero-order chi connectivity index (χ0) is 13.1. The third kappa shape index (κ3) is 3.38. The molecular weight excluding hydrogens is 242 g/mol. The molecular formula is C13H25N5O. The lowest BCUT2D eigenvalue weighted by molar-refractivity contribution is 0.0174. The zero-order valence-corrected chi connectivity index (χ0v) is 11.6. The Morgan fingerprint density at radius 3 is 2.79 bits per heavy atom. The Morgan fingerprint density at radius 2 is 2.16 bits per heavy atom. The van der Waals surface area contributed by atoms with E-state index in [1.54, 1.807) is 0 Å². The molecule has 19 heavy (non-hydrogen) atoms. The molecule has 4 heterocycles. The summed E-state index contributed by atoms with van der Waals surface area (Å²) in [5.41, 5.74) is 5.92. The average Bonchev–Trinajstić information content (AvgIpc) is 2.97. The Kier molecular flexibility index (Phi) is 4.20. The molecule has 3 N–H and O–H groups in total. The lowest BCUT2D eigenvalue weighted by Crippen LogP contribution is -2.61. The van der Waals surface area contributed by atoms with E-state index in [0.29, 0.717) is 18.1 Å². The van der Waals surface area contributed by atoms with E-state index in [1.807, 2.05) is 0 Å². The summed E-state index contributed by atoms with van der Waals surface area (Å²) in [5.74, 6) is 0.563. The van der Waals surface area contributed by atoms with Gasteiger partial charge in [-0.3, -0.25) is 14.8 Å². The van der Waals surface area contributed by atoms with Crippen LogP contribution < -0.4 is 11.1 Å². The molecule has 0 spiro atoms. The van der Waals surface area contributed by atoms with E-state index < -0.39 is 0 Å². The van der Waals surface area contributed by atoms with Crippen LogP contribution in [-0.4, -0.2) is 80.3 Å². The van der Waals surface area contributed by atoms with Gasteiger partial charge in [-0.1, -0.05) is 0 Å². The summed E-state index contributed by atoms with van der Waals surface area (Å²) in [7, 11) is 0. The Labute approximate surface area is 115 Å². The molecule has 0 aromatic carbocycles. The van der Waals surface area contributed by atoms with E-state index >= 15 is 0 Å². The molecule has 2 unspecified atom stereocenters. The molecule has 6 nitrogen and oxygen atoms in total. The summed E-state index contributed by atoms with van der Waals surface area (Å²) in [6.07, 6.45) is 2.61. The smallest absolute Gasteiger partial charge is 0.188 e. The second-order valence-electron chi connectivity index (χ2n) is 5.73. The van der Waals surface area contributed by atoms with Gasteiger partial charge in [0.2, 0.25) is 0 Å². The fraction of sp³-hybridized carbons (Fsp3) is 0.923. The molecule has 0 aromatic heterocycles. The van der Waals surface area contributed by atoms with Gasteiger partial charge in [0.25, 0.3) is 0 Å². The van der Waals surface area contributed by atoms with Crippen molar-refractivity contribution in [3.63, 3.8) is 0 Å². The number of hydrogen-bond acceptors (Lipinski definition) is 4. The highest BCUT2D eigenvalue weighted by atomic mass is 16.5. The first-order valence-electron chi connectivity index (χ1n) is 7.43. The summed E-state index contributed by atoms with van der Waals surface area (Å²) >= 11 is 0. The number of nitrogens with two attached hydrogens (primary N) is 1. The monoisotopic (exact) mass is 267 g/mol. The zero-order valence-electron chi connectivity index (χ0n) is 11.6. The number of aliphatic imine (C=N–C) groups is 1. The Bertz CT molecular complexity index is 321. The van der Waals surface area contributed by atoms with Gasteiger partial charge in [-0.25, -0.2) is 0 Å². The maximum absolute atomic E-state index is 5.92. The van der Waals surface area contributed by atoms with Gasteiger partial charge in [-0.05, 0) is 12.8 Å². The van der Waals surface area contributed by atoms with Crippen molar-refractivity contribution in [1.29, 1.82) is 0 Å². The number of rotatable bonds is 4. The fourth-order valence-electron chi connectivity index (χ4n) is 3.18. The van der Waals surface area contributed by atoms with Gasteiger partial charge < -0.3 is 15.8 Å². The molecule has 4 aliphatic rings. The van der Waals surface area contributed by atoms with Crippen LogP contribution in [0.5, 0.6) is 0 Å². The Hall–Kier alpha value is -0.850. The third-order valence-corrected chi connectivity index (χ3v) is 4.40. The van der Waals surface area contributed by atoms with Gasteiger partial charge in [0.05, 0.1) is 12.6 Å². The summed E-state index contributed by atoms with van der Waals surface area (Å²) < 4.78 is 5.55. The number of nitrogens with zero attached hydrogens (tertiary/aromatic N) is 3. The van der Waals surface area contributed by atoms with Crippen LogP contribution in [-0.2, 0) is 4.74 Å². The lowest BCUT2D eigenvalue weighted by atomic mass is 10.1. The minimum absolute atomic E-state index is 0.314. The van der Waals surface area contributed by atoms with Crippen LogP contribution in [0.2, 0.25) is 0 Å². The van der Waals surface area contributed by atoms with E-state index in [4.69, 9.17) is 10.5 Å². The number of nitrogens with one attached hydrogen (secondary N) is 1. The van der Waals surface area contributed by atoms with Gasteiger partial charge in [0.15, 0.2) is 5.96 Å². The molecule has 0 amide bonds. The Morgan fingerprint density at radius 1 is 1.32 bits per heavy atom. The topological polar surface area (TPSA) is 66.1 Å². The first-order valence-corrected chi connectivity index (χ1v) is 7.43. The van der Waals surface area contributed by atoms with Crippen molar-refractivity contribution in [3.8, 4) is 0 Å². The molecule has 0 aromatic rings. The van der Waals surface area contributed by atoms with E-state index in [1.165, 1.54) is 26.2 Å². The second kappa shape index (κ2) is 6.07. The van der Waals surface area contributed by atoms with Crippen LogP contribution in [0.15, 0.2) is 4.99 Å². The molecule has 2 atom stereocenters. The van der Waals surface area contributed by atoms with E-state index in [-0.39, 0.29) is 0 Å². The first-order chi connectivity index (χ1) is 9.31. The van der Waals surface area contributed by atoms with Gasteiger partial charge in [-0.2, -0.15) is 0 Å². The minimum Gasteiger partial charge on any atom is -0.376 e. The molecule has 0 aliphatic carbocycles. The number of hydrogen-bond donors (Lipinski definition) is 2. The van der Waals surface area contributed by atoms with E-state index in [2.05, 4.69) is 20.1 Å². The molecule has 6 heteroatoms. The molecule has 4 rings (SSSR count). The summed E-state index contributed by atoms with van der Waals surface area (Å²) in [4.78, 5) is 9.55. The molecule has 4 aliphatic heterocycles. The van der Waals surface area contributed by atoms with Gasteiger partial charge in [0, 0.05) is 51.9 Å². The van der Waals surface area contributed by atoms with Crippen LogP contribution in [0.25, 0.3) is 0 Å². The molecule has 0 radical (unpaired) electrons. The van der Waals surface area contributed by atoms with Crippen LogP contribution in [0.1, 0.15) is 12.8 Å². The molecule has 0 saturated carbocycles. The summed E-state index contributed by atoms with van der Waals surface area (Å²) in [6, 6.07) is 0.547. The highest BCUT2D eigenvalue weighted by molar-refractivity contribution is 5.77. The third-order valence-electron chi connectivity index (χ3n) is 4.40. The standard InChI is InChI=1S/C13H25N5O/c14-13(16-9-12-2-1-7-19-12)15-8-11-10-17-3-5-18(11)6-4-17/h11-12H,1-10H2,(H3,14,15,16). The van der Waals surface area contributed by atoms with Gasteiger partial charge in [0.1, 0.15) is 0 Å². The van der Waals surface area contributed by atoms with Gasteiger partial charge in [-0.15, -0.1) is 0 Å². The SMILES string of the molecule is NC(=NCC1CN2CCN1CC2)NCC1CCCO1. The molecule has 108 valence electrons. The average molecular weight is 267 g/mol. The Balaban J connectivity index is 1.41. The van der Waals surface area contributed by atoms with Gasteiger partial charge >= 0.3 is 0 Å². The van der Waals surface area contributed by atoms with E-state index in [9.17, 15) is 0 Å². The predicted molar refractivity (Wildman–Crippen MR) is 75.3 cm³/mol. The van der Waals surface area contributed by atoms with Crippen molar-refractivity contribution >= 4 is 5.96 Å². The number of guanidine groups is 1. The largest absolute Gasteiger partial charge is 0.376 e. The van der Waals surface area contributed by atoms with Crippen LogP contribution >= 0.6 is 0 Å². The number of ether oxygens (including phenoxy) is 1. The van der Waals surface area contributed by atoms with Crippen LogP contribution in [0.3, 0.4) is 0 Å². The fourth-order valence-corrected chi connectivity index (χ4v) is 3.18. The maximum Gasteiger partial charge on any atom is 0.188 e. The van der Waals surface area contributed by atoms with Crippen molar-refractivity contribution < 1.29 is 4.74 Å². The van der Waals surface area contributed by atoms with Crippen molar-refractivity contribution in [2.75, 3.05) is 52.4 Å². The quantitative estimate of drug-likeness (QED) is 0.509. The summed E-state index contributed by atoms with van der Waals surface area (Å²) in [6.45, 7) is 8.42. The highest BCUT2D eigenvalue weighted by Gasteiger charge is 2.31. The van der Waals surface area contributed by atoms with E-state index in [0.717, 1.165) is 39.1 Å². The minimum atomic E-state index is 0.314. The summed E-state index contributed by atoms with van der Waals surface area (Å²) in [5, 5.41) is 3.18. The van der Waals surface area contributed by atoms with Crippen molar-refractivity contribution in [2.24, 2.45) is 10.7 Å². The highest BCUT2D eigenvalue weighted by Crippen LogP contribution is 2.15. The number of fused-ring (bicyclic) bond motifs is 3. The lowest BCUT2D eigenvalue weighted by Gasteiger charge is -2.47. The van der Waals surface area contributed by atoms with Crippen LogP contribution in [0.4, 0.5) is 0 Å². The molecule has 4 fully saturated rings. The van der Waals surface area contributed by atoms with Crippen LogP contribution in [0, 0.1) is 0 Å². The number of piperazine rings is 3.